The molecule has 1 aromatic carbocycles. The van der Waals surface area contributed by atoms with Crippen molar-refractivity contribution >= 4 is 0 Å². The van der Waals surface area contributed by atoms with Crippen LogP contribution in [-0.4, -0.2) is 42.8 Å². The van der Waals surface area contributed by atoms with E-state index in [9.17, 15) is 0 Å². The number of hydrogen-bond donors (Lipinski definition) is 2. The van der Waals surface area contributed by atoms with Gasteiger partial charge in [0.2, 0.25) is 0 Å². The Morgan fingerprint density at radius 1 is 1.32 bits per heavy atom. The number of nitrogens with one attached hydrogen (secondary N) is 1. The molecular weight excluding hydrogens is 236 g/mol. The first-order chi connectivity index (χ1) is 9.05. The van der Waals surface area contributed by atoms with Gasteiger partial charge < -0.3 is 15.3 Å². The van der Waals surface area contributed by atoms with Gasteiger partial charge in [-0.2, -0.15) is 0 Å². The van der Waals surface area contributed by atoms with Crippen LogP contribution in [0.25, 0.3) is 0 Å². The molecule has 0 heterocycles. The van der Waals surface area contributed by atoms with E-state index in [4.69, 9.17) is 5.11 Å². The molecule has 1 aromatic rings. The molecule has 1 aliphatic carbocycles. The lowest BCUT2D eigenvalue weighted by atomic mass is 10.0. The molecule has 0 aliphatic heterocycles. The lowest BCUT2D eigenvalue weighted by Crippen LogP contribution is -2.43. The summed E-state index contributed by atoms with van der Waals surface area (Å²) in [5, 5.41) is 12.7. The van der Waals surface area contributed by atoms with Crippen molar-refractivity contribution < 1.29 is 5.11 Å². The van der Waals surface area contributed by atoms with E-state index < -0.39 is 0 Å². The monoisotopic (exact) mass is 262 g/mol. The second-order valence-corrected chi connectivity index (χ2v) is 5.98. The Morgan fingerprint density at radius 2 is 1.95 bits per heavy atom. The minimum Gasteiger partial charge on any atom is -0.395 e. The van der Waals surface area contributed by atoms with Gasteiger partial charge in [0.1, 0.15) is 0 Å². The van der Waals surface area contributed by atoms with E-state index in [2.05, 4.69) is 55.4 Å². The largest absolute Gasteiger partial charge is 0.395 e. The van der Waals surface area contributed by atoms with Gasteiger partial charge in [-0.05, 0) is 39.3 Å². The fourth-order valence-electron chi connectivity index (χ4n) is 2.76. The van der Waals surface area contributed by atoms with E-state index in [1.165, 1.54) is 24.0 Å². The van der Waals surface area contributed by atoms with Crippen LogP contribution in [-0.2, 0) is 5.54 Å². The summed E-state index contributed by atoms with van der Waals surface area (Å²) in [5.41, 5.74) is 2.93. The smallest absolute Gasteiger partial charge is 0.0558 e. The van der Waals surface area contributed by atoms with Crippen LogP contribution < -0.4 is 5.32 Å². The highest BCUT2D eigenvalue weighted by atomic mass is 16.3. The fourth-order valence-corrected chi connectivity index (χ4v) is 2.76. The first kappa shape index (κ1) is 14.5. The van der Waals surface area contributed by atoms with Crippen LogP contribution in [0, 0.1) is 6.92 Å². The van der Waals surface area contributed by atoms with Gasteiger partial charge in [0, 0.05) is 24.7 Å². The van der Waals surface area contributed by atoms with Crippen LogP contribution in [0.3, 0.4) is 0 Å². The summed E-state index contributed by atoms with van der Waals surface area (Å²) in [6, 6.07) is 9.32. The normalized spacial score (nSPS) is 18.6. The molecule has 1 saturated carbocycles. The number of likely N-dealkylation sites (N-methyl/N-ethyl adjacent to an activating group) is 1. The second-order valence-electron chi connectivity index (χ2n) is 5.98. The maximum Gasteiger partial charge on any atom is 0.0558 e. The summed E-state index contributed by atoms with van der Waals surface area (Å²) < 4.78 is 0. The van der Waals surface area contributed by atoms with E-state index in [0.717, 1.165) is 13.1 Å². The molecule has 0 aromatic heterocycles. The van der Waals surface area contributed by atoms with Crippen LogP contribution in [0.5, 0.6) is 0 Å². The molecule has 2 rings (SSSR count). The van der Waals surface area contributed by atoms with Crippen LogP contribution >= 0.6 is 0 Å². The summed E-state index contributed by atoms with van der Waals surface area (Å²) >= 11 is 0. The Labute approximate surface area is 116 Å². The number of aliphatic hydroxyl groups excluding tert-OH is 1. The highest BCUT2D eigenvalue weighted by Gasteiger charge is 2.44. The third-order valence-corrected chi connectivity index (χ3v) is 3.94. The lowest BCUT2D eigenvalue weighted by Gasteiger charge is -2.27. The molecule has 0 amide bonds. The molecule has 1 atom stereocenters. The van der Waals surface area contributed by atoms with Crippen LogP contribution in [0.1, 0.15) is 30.9 Å². The van der Waals surface area contributed by atoms with E-state index >= 15 is 0 Å². The van der Waals surface area contributed by atoms with E-state index in [1.807, 2.05) is 0 Å². The summed E-state index contributed by atoms with van der Waals surface area (Å²) in [6.07, 6.45) is 2.45. The van der Waals surface area contributed by atoms with Crippen molar-refractivity contribution in [2.75, 3.05) is 26.7 Å². The number of rotatable bonds is 7. The van der Waals surface area contributed by atoms with Crippen molar-refractivity contribution in [2.24, 2.45) is 0 Å². The van der Waals surface area contributed by atoms with Gasteiger partial charge in [-0.15, -0.1) is 0 Å². The standard InChI is InChI=1S/C16H26N2O/c1-13-4-6-15(7-5-13)16(8-9-16)17-14(2)12-18(3)10-11-19/h4-7,14,17,19H,8-12H2,1-3H3/t14-/m1/s1. The van der Waals surface area contributed by atoms with Crippen LogP contribution in [0.15, 0.2) is 24.3 Å². The highest BCUT2D eigenvalue weighted by Crippen LogP contribution is 2.45. The van der Waals surface area contributed by atoms with Gasteiger partial charge >= 0.3 is 0 Å². The summed E-state index contributed by atoms with van der Waals surface area (Å²) in [5.74, 6) is 0. The minimum absolute atomic E-state index is 0.202. The number of nitrogens with zero attached hydrogens (tertiary/aromatic N) is 1. The molecular formula is C16H26N2O. The average molecular weight is 262 g/mol. The number of aliphatic hydroxyl groups is 1. The zero-order chi connectivity index (χ0) is 13.9. The summed E-state index contributed by atoms with van der Waals surface area (Å²) in [6.45, 7) is 6.29. The molecule has 1 aliphatic rings. The van der Waals surface area contributed by atoms with Crippen molar-refractivity contribution in [3.63, 3.8) is 0 Å². The van der Waals surface area contributed by atoms with Crippen molar-refractivity contribution in [1.82, 2.24) is 10.2 Å². The van der Waals surface area contributed by atoms with E-state index in [-0.39, 0.29) is 12.1 Å². The minimum atomic E-state index is 0.202. The molecule has 19 heavy (non-hydrogen) atoms. The van der Waals surface area contributed by atoms with Gasteiger partial charge in [-0.25, -0.2) is 0 Å². The Hall–Kier alpha value is -0.900. The van der Waals surface area contributed by atoms with Gasteiger partial charge in [0.15, 0.2) is 0 Å². The van der Waals surface area contributed by atoms with Crippen LogP contribution in [0.2, 0.25) is 0 Å². The zero-order valence-corrected chi connectivity index (χ0v) is 12.3. The van der Waals surface area contributed by atoms with Crippen molar-refractivity contribution in [2.45, 2.75) is 38.3 Å². The van der Waals surface area contributed by atoms with Gasteiger partial charge in [-0.3, -0.25) is 0 Å². The third kappa shape index (κ3) is 3.78. The topological polar surface area (TPSA) is 35.5 Å². The third-order valence-electron chi connectivity index (χ3n) is 3.94. The van der Waals surface area contributed by atoms with Gasteiger partial charge in [0.25, 0.3) is 0 Å². The fraction of sp³-hybridized carbons (Fsp3) is 0.625. The zero-order valence-electron chi connectivity index (χ0n) is 12.3. The molecule has 1 fully saturated rings. The molecule has 0 bridgehead atoms. The molecule has 0 spiro atoms. The number of benzene rings is 1. The van der Waals surface area contributed by atoms with Crippen LogP contribution in [0.4, 0.5) is 0 Å². The summed E-state index contributed by atoms with van der Waals surface area (Å²) in [7, 11) is 2.06. The molecule has 0 saturated heterocycles. The molecule has 0 unspecified atom stereocenters. The Bertz CT molecular complexity index is 398. The maximum absolute atomic E-state index is 8.94. The highest BCUT2D eigenvalue weighted by molar-refractivity contribution is 5.32. The average Bonchev–Trinajstić information content (AvgIpc) is 3.10. The van der Waals surface area contributed by atoms with Crippen molar-refractivity contribution in [3.05, 3.63) is 35.4 Å². The maximum atomic E-state index is 8.94. The van der Waals surface area contributed by atoms with Crippen molar-refractivity contribution in [3.8, 4) is 0 Å². The Balaban J connectivity index is 1.92. The van der Waals surface area contributed by atoms with Gasteiger partial charge in [-0.1, -0.05) is 29.8 Å². The van der Waals surface area contributed by atoms with Gasteiger partial charge in [0.05, 0.1) is 6.61 Å². The predicted octanol–water partition coefficient (Wildman–Crippen LogP) is 1.89. The number of aryl methyl sites for hydroxylation is 1. The quantitative estimate of drug-likeness (QED) is 0.787. The van der Waals surface area contributed by atoms with E-state index in [0.29, 0.717) is 6.04 Å². The molecule has 106 valence electrons. The molecule has 2 N–H and O–H groups in total. The first-order valence-corrected chi connectivity index (χ1v) is 7.20. The van der Waals surface area contributed by atoms with Crippen molar-refractivity contribution in [1.29, 1.82) is 0 Å². The Morgan fingerprint density at radius 3 is 2.47 bits per heavy atom. The SMILES string of the molecule is Cc1ccc(C2(N[C@H](C)CN(C)CCO)CC2)cc1. The number of hydrogen-bond acceptors (Lipinski definition) is 3. The lowest BCUT2D eigenvalue weighted by molar-refractivity contribution is 0.206. The van der Waals surface area contributed by atoms with E-state index in [1.54, 1.807) is 0 Å². The molecule has 0 radical (unpaired) electrons. The Kier molecular flexibility index (Phi) is 4.61. The molecule has 3 heteroatoms. The summed E-state index contributed by atoms with van der Waals surface area (Å²) in [4.78, 5) is 2.17. The predicted molar refractivity (Wildman–Crippen MR) is 79.3 cm³/mol. The first-order valence-electron chi connectivity index (χ1n) is 7.20. The molecule has 3 nitrogen and oxygen atoms in total. The second kappa shape index (κ2) is 6.04.